The second-order valence-corrected chi connectivity index (χ2v) is 5.64. The van der Waals surface area contributed by atoms with Crippen LogP contribution in [0.25, 0.3) is 0 Å². The lowest BCUT2D eigenvalue weighted by molar-refractivity contribution is -0.0102. The summed E-state index contributed by atoms with van der Waals surface area (Å²) in [6.45, 7) is 2.37. The number of hydrogen-bond acceptors (Lipinski definition) is 2. The molecule has 0 aromatic heterocycles. The van der Waals surface area contributed by atoms with Gasteiger partial charge in [0.25, 0.3) is 0 Å². The van der Waals surface area contributed by atoms with Gasteiger partial charge in [-0.3, -0.25) is 0 Å². The van der Waals surface area contributed by atoms with Crippen LogP contribution in [0.5, 0.6) is 0 Å². The molecule has 2 fully saturated rings. The largest absolute Gasteiger partial charge is 0.378 e. The zero-order valence-electron chi connectivity index (χ0n) is 10.5. The average molecular weight is 231 g/mol. The summed E-state index contributed by atoms with van der Waals surface area (Å²) in [6, 6.07) is 10.8. The summed E-state index contributed by atoms with van der Waals surface area (Å²) in [7, 11) is 1.89. The smallest absolute Gasteiger partial charge is 0.0725 e. The molecule has 1 aliphatic heterocycles. The van der Waals surface area contributed by atoms with Crippen molar-refractivity contribution in [3.8, 4) is 0 Å². The highest BCUT2D eigenvalue weighted by Gasteiger charge is 2.47. The van der Waals surface area contributed by atoms with Gasteiger partial charge in [0.1, 0.15) is 0 Å². The second-order valence-electron chi connectivity index (χ2n) is 5.64. The minimum absolute atomic E-state index is 0.0960. The van der Waals surface area contributed by atoms with E-state index in [1.54, 1.807) is 0 Å². The minimum Gasteiger partial charge on any atom is -0.378 e. The summed E-state index contributed by atoms with van der Waals surface area (Å²) < 4.78 is 5.91. The van der Waals surface area contributed by atoms with Crippen LogP contribution < -0.4 is 5.32 Å². The van der Waals surface area contributed by atoms with Crippen molar-refractivity contribution < 1.29 is 4.74 Å². The van der Waals surface area contributed by atoms with Gasteiger partial charge in [-0.15, -0.1) is 0 Å². The Labute approximate surface area is 103 Å². The van der Waals surface area contributed by atoms with E-state index in [0.29, 0.717) is 0 Å². The Balaban J connectivity index is 1.75. The normalized spacial score (nSPS) is 36.1. The molecule has 1 aromatic carbocycles. The molecule has 1 saturated heterocycles. The number of hydrogen-bond donors (Lipinski definition) is 1. The van der Waals surface area contributed by atoms with Gasteiger partial charge >= 0.3 is 0 Å². The molecule has 92 valence electrons. The minimum atomic E-state index is 0.0960. The van der Waals surface area contributed by atoms with Crippen molar-refractivity contribution in [2.45, 2.75) is 24.9 Å². The van der Waals surface area contributed by atoms with Gasteiger partial charge in [0, 0.05) is 13.5 Å². The Morgan fingerprint density at radius 3 is 2.41 bits per heavy atom. The zero-order chi connectivity index (χ0) is 11.7. The van der Waals surface area contributed by atoms with Crippen molar-refractivity contribution in [1.82, 2.24) is 5.32 Å². The summed E-state index contributed by atoms with van der Waals surface area (Å²) in [6.07, 6.45) is 3.50. The molecule has 0 bridgehead atoms. The molecule has 2 nitrogen and oxygen atoms in total. The summed E-state index contributed by atoms with van der Waals surface area (Å²) in [4.78, 5) is 0. The van der Waals surface area contributed by atoms with E-state index in [0.717, 1.165) is 18.3 Å². The first-order valence-electron chi connectivity index (χ1n) is 6.61. The molecule has 1 N–H and O–H groups in total. The van der Waals surface area contributed by atoms with E-state index in [-0.39, 0.29) is 5.60 Å². The monoisotopic (exact) mass is 231 g/mol. The average Bonchev–Trinajstić information content (AvgIpc) is 2.89. The first-order valence-corrected chi connectivity index (χ1v) is 6.61. The van der Waals surface area contributed by atoms with Gasteiger partial charge in [-0.05, 0) is 43.3 Å². The third-order valence-corrected chi connectivity index (χ3v) is 4.55. The standard InChI is InChI=1S/C15H21NO/c1-17-15(7-12-5-3-2-4-6-12)8-13-10-16-11-14(13)9-15/h2-6,13-14,16H,7-11H2,1H3. The van der Waals surface area contributed by atoms with E-state index in [4.69, 9.17) is 4.74 Å². The lowest BCUT2D eigenvalue weighted by Crippen LogP contribution is -2.33. The van der Waals surface area contributed by atoms with Gasteiger partial charge in [0.2, 0.25) is 0 Å². The molecular weight excluding hydrogens is 210 g/mol. The highest BCUT2D eigenvalue weighted by molar-refractivity contribution is 5.18. The molecule has 2 heteroatoms. The Morgan fingerprint density at radius 2 is 1.82 bits per heavy atom. The van der Waals surface area contributed by atoms with E-state index >= 15 is 0 Å². The van der Waals surface area contributed by atoms with Crippen LogP contribution in [0.2, 0.25) is 0 Å². The van der Waals surface area contributed by atoms with Crippen molar-refractivity contribution in [3.05, 3.63) is 35.9 Å². The molecule has 0 radical (unpaired) electrons. The van der Waals surface area contributed by atoms with Gasteiger partial charge < -0.3 is 10.1 Å². The number of ether oxygens (including phenoxy) is 1. The first-order chi connectivity index (χ1) is 8.31. The van der Waals surface area contributed by atoms with Crippen molar-refractivity contribution >= 4 is 0 Å². The predicted molar refractivity (Wildman–Crippen MR) is 69.0 cm³/mol. The molecule has 1 heterocycles. The quantitative estimate of drug-likeness (QED) is 0.861. The van der Waals surface area contributed by atoms with Crippen LogP contribution in [-0.4, -0.2) is 25.8 Å². The third-order valence-electron chi connectivity index (χ3n) is 4.55. The maximum Gasteiger partial charge on any atom is 0.0725 e. The summed E-state index contributed by atoms with van der Waals surface area (Å²) in [5.41, 5.74) is 1.50. The van der Waals surface area contributed by atoms with Crippen molar-refractivity contribution in [2.24, 2.45) is 11.8 Å². The lowest BCUT2D eigenvalue weighted by atomic mass is 9.91. The van der Waals surface area contributed by atoms with Crippen molar-refractivity contribution in [3.63, 3.8) is 0 Å². The molecule has 2 aliphatic rings. The van der Waals surface area contributed by atoms with Crippen LogP contribution in [0.1, 0.15) is 18.4 Å². The zero-order valence-corrected chi connectivity index (χ0v) is 10.5. The lowest BCUT2D eigenvalue weighted by Gasteiger charge is -2.29. The number of methoxy groups -OCH3 is 1. The van der Waals surface area contributed by atoms with Gasteiger partial charge in [-0.2, -0.15) is 0 Å². The molecule has 3 rings (SSSR count). The Morgan fingerprint density at radius 1 is 1.18 bits per heavy atom. The van der Waals surface area contributed by atoms with E-state index in [9.17, 15) is 0 Å². The fraction of sp³-hybridized carbons (Fsp3) is 0.600. The summed E-state index contributed by atoms with van der Waals surface area (Å²) in [5.74, 6) is 1.66. The summed E-state index contributed by atoms with van der Waals surface area (Å²) >= 11 is 0. The second kappa shape index (κ2) is 4.43. The van der Waals surface area contributed by atoms with Crippen LogP contribution in [0.15, 0.2) is 30.3 Å². The van der Waals surface area contributed by atoms with Crippen molar-refractivity contribution in [1.29, 1.82) is 0 Å². The van der Waals surface area contributed by atoms with E-state index in [2.05, 4.69) is 35.6 Å². The molecule has 0 amide bonds. The predicted octanol–water partition coefficient (Wildman–Crippen LogP) is 2.24. The van der Waals surface area contributed by atoms with Crippen LogP contribution in [0.4, 0.5) is 0 Å². The van der Waals surface area contributed by atoms with E-state index in [1.807, 2.05) is 7.11 Å². The Hall–Kier alpha value is -0.860. The highest BCUT2D eigenvalue weighted by atomic mass is 16.5. The molecule has 17 heavy (non-hydrogen) atoms. The van der Waals surface area contributed by atoms with Gasteiger partial charge in [-0.1, -0.05) is 30.3 Å². The maximum atomic E-state index is 5.91. The number of nitrogens with one attached hydrogen (secondary N) is 1. The van der Waals surface area contributed by atoms with Gasteiger partial charge in [-0.25, -0.2) is 0 Å². The van der Waals surface area contributed by atoms with Crippen LogP contribution >= 0.6 is 0 Å². The number of fused-ring (bicyclic) bond motifs is 1. The molecule has 1 aliphatic carbocycles. The SMILES string of the molecule is COC1(Cc2ccccc2)CC2CNCC2C1. The van der Waals surface area contributed by atoms with Crippen molar-refractivity contribution in [2.75, 3.05) is 20.2 Å². The first kappa shape index (κ1) is 11.2. The number of benzene rings is 1. The topological polar surface area (TPSA) is 21.3 Å². The van der Waals surface area contributed by atoms with Gasteiger partial charge in [0.15, 0.2) is 0 Å². The molecule has 0 spiro atoms. The van der Waals surface area contributed by atoms with Crippen LogP contribution in [0.3, 0.4) is 0 Å². The fourth-order valence-corrected chi connectivity index (χ4v) is 3.66. The Bertz CT molecular complexity index is 364. The van der Waals surface area contributed by atoms with Crippen LogP contribution in [-0.2, 0) is 11.2 Å². The fourth-order valence-electron chi connectivity index (χ4n) is 3.66. The Kier molecular flexibility index (Phi) is 2.93. The third kappa shape index (κ3) is 2.12. The molecular formula is C15H21NO. The maximum absolute atomic E-state index is 5.91. The highest BCUT2D eigenvalue weighted by Crippen LogP contribution is 2.44. The van der Waals surface area contributed by atoms with Gasteiger partial charge in [0.05, 0.1) is 5.60 Å². The van der Waals surface area contributed by atoms with Crippen LogP contribution in [0, 0.1) is 11.8 Å². The van der Waals surface area contributed by atoms with E-state index in [1.165, 1.54) is 31.5 Å². The molecule has 2 unspecified atom stereocenters. The molecule has 1 aromatic rings. The van der Waals surface area contributed by atoms with E-state index < -0.39 is 0 Å². The summed E-state index contributed by atoms with van der Waals surface area (Å²) in [5, 5.41) is 3.49. The molecule has 1 saturated carbocycles. The molecule has 2 atom stereocenters. The number of rotatable bonds is 3.